The van der Waals surface area contributed by atoms with Crippen molar-refractivity contribution in [2.75, 3.05) is 5.32 Å². The van der Waals surface area contributed by atoms with Gasteiger partial charge >= 0.3 is 0 Å². The van der Waals surface area contributed by atoms with Gasteiger partial charge in [-0.3, -0.25) is 4.79 Å². The maximum atomic E-state index is 13.0. The molecule has 0 aliphatic carbocycles. The van der Waals surface area contributed by atoms with Crippen LogP contribution in [0.15, 0.2) is 65.3 Å². The number of carbonyl (C=O) groups excluding carboxylic acids is 1. The van der Waals surface area contributed by atoms with E-state index >= 15 is 0 Å². The van der Waals surface area contributed by atoms with Crippen LogP contribution in [0.5, 0.6) is 11.5 Å². The highest BCUT2D eigenvalue weighted by molar-refractivity contribution is 6.01. The standard InChI is InChI=1S/C19H16N2O4/c22-16-9-3-7-14(17(16)23)18-20-15-8-2-1-6-13(15)19(24)21(18)11-12-5-4-10-25-12/h1-10,18,20,22-23H,11H2/t18-/m1/s1. The minimum Gasteiger partial charge on any atom is -0.504 e. The summed E-state index contributed by atoms with van der Waals surface area (Å²) in [4.78, 5) is 14.6. The molecule has 1 atom stereocenters. The van der Waals surface area contributed by atoms with Gasteiger partial charge in [-0.1, -0.05) is 24.3 Å². The van der Waals surface area contributed by atoms with Crippen LogP contribution < -0.4 is 5.32 Å². The van der Waals surface area contributed by atoms with Crippen molar-refractivity contribution in [1.29, 1.82) is 0 Å². The van der Waals surface area contributed by atoms with E-state index < -0.39 is 6.17 Å². The third kappa shape index (κ3) is 2.57. The number of phenols is 2. The second kappa shape index (κ2) is 5.90. The van der Waals surface area contributed by atoms with Gasteiger partial charge in [0, 0.05) is 11.3 Å². The third-order valence-electron chi connectivity index (χ3n) is 4.27. The highest BCUT2D eigenvalue weighted by atomic mass is 16.3. The molecule has 2 aromatic carbocycles. The lowest BCUT2D eigenvalue weighted by Gasteiger charge is -2.37. The Bertz CT molecular complexity index is 921. The van der Waals surface area contributed by atoms with Gasteiger partial charge in [0.05, 0.1) is 18.4 Å². The summed E-state index contributed by atoms with van der Waals surface area (Å²) in [5, 5.41) is 23.4. The number of rotatable bonds is 3. The molecule has 1 aliphatic heterocycles. The summed E-state index contributed by atoms with van der Waals surface area (Å²) in [5.74, 6) is -0.0437. The molecular formula is C19H16N2O4. The lowest BCUT2D eigenvalue weighted by atomic mass is 10.0. The summed E-state index contributed by atoms with van der Waals surface area (Å²) in [7, 11) is 0. The molecule has 0 spiro atoms. The van der Waals surface area contributed by atoms with Crippen molar-refractivity contribution in [2.24, 2.45) is 0 Å². The van der Waals surface area contributed by atoms with Gasteiger partial charge in [0.25, 0.3) is 5.91 Å². The number of anilines is 1. The van der Waals surface area contributed by atoms with Crippen LogP contribution in [-0.4, -0.2) is 21.0 Å². The van der Waals surface area contributed by atoms with Crippen LogP contribution in [0.25, 0.3) is 0 Å². The number of hydrogen-bond acceptors (Lipinski definition) is 5. The molecule has 0 bridgehead atoms. The summed E-state index contributed by atoms with van der Waals surface area (Å²) < 4.78 is 5.38. The second-order valence-electron chi connectivity index (χ2n) is 5.82. The molecule has 0 fully saturated rings. The first-order valence-corrected chi connectivity index (χ1v) is 7.85. The Morgan fingerprint density at radius 2 is 1.88 bits per heavy atom. The first-order valence-electron chi connectivity index (χ1n) is 7.85. The SMILES string of the molecule is O=C1c2ccccc2N[C@@H](c2cccc(O)c2O)N1Cc1ccco1. The molecule has 6 heteroatoms. The number of benzene rings is 2. The largest absolute Gasteiger partial charge is 0.504 e. The fourth-order valence-electron chi connectivity index (χ4n) is 3.04. The Hall–Kier alpha value is -3.41. The normalized spacial score (nSPS) is 16.4. The molecule has 25 heavy (non-hydrogen) atoms. The Labute approximate surface area is 143 Å². The number of aromatic hydroxyl groups is 2. The molecule has 0 saturated carbocycles. The molecule has 3 N–H and O–H groups in total. The van der Waals surface area contributed by atoms with Crippen LogP contribution in [-0.2, 0) is 6.54 Å². The van der Waals surface area contributed by atoms with Gasteiger partial charge < -0.3 is 24.8 Å². The molecule has 1 amide bonds. The zero-order chi connectivity index (χ0) is 17.4. The van der Waals surface area contributed by atoms with E-state index in [4.69, 9.17) is 4.42 Å². The molecule has 0 radical (unpaired) electrons. The van der Waals surface area contributed by atoms with Gasteiger partial charge in [-0.2, -0.15) is 0 Å². The summed E-state index contributed by atoms with van der Waals surface area (Å²) in [6.07, 6.45) is 0.908. The van der Waals surface area contributed by atoms with Gasteiger partial charge in [0.1, 0.15) is 11.9 Å². The molecule has 126 valence electrons. The minimum atomic E-state index is -0.639. The van der Waals surface area contributed by atoms with Crippen LogP contribution in [0.4, 0.5) is 5.69 Å². The van der Waals surface area contributed by atoms with E-state index in [9.17, 15) is 15.0 Å². The van der Waals surface area contributed by atoms with Gasteiger partial charge in [-0.15, -0.1) is 0 Å². The van der Waals surface area contributed by atoms with E-state index in [2.05, 4.69) is 5.32 Å². The molecule has 3 aromatic rings. The van der Waals surface area contributed by atoms with Crippen molar-refractivity contribution in [1.82, 2.24) is 4.90 Å². The van der Waals surface area contributed by atoms with Crippen LogP contribution >= 0.6 is 0 Å². The van der Waals surface area contributed by atoms with Crippen molar-refractivity contribution in [3.8, 4) is 11.5 Å². The number of fused-ring (bicyclic) bond motifs is 1. The van der Waals surface area contributed by atoms with Crippen LogP contribution in [0.2, 0.25) is 0 Å². The van der Waals surface area contributed by atoms with Gasteiger partial charge in [0.15, 0.2) is 11.5 Å². The number of phenolic OH excluding ortho intramolecular Hbond substituents is 2. The first-order chi connectivity index (χ1) is 12.1. The van der Waals surface area contributed by atoms with Crippen LogP contribution in [0, 0.1) is 0 Å². The monoisotopic (exact) mass is 336 g/mol. The van der Waals surface area contributed by atoms with E-state index in [1.54, 1.807) is 47.6 Å². The molecule has 4 rings (SSSR count). The zero-order valence-corrected chi connectivity index (χ0v) is 13.2. The first kappa shape index (κ1) is 15.1. The second-order valence-corrected chi connectivity index (χ2v) is 5.82. The molecule has 0 saturated heterocycles. The van der Waals surface area contributed by atoms with Crippen LogP contribution in [0.3, 0.4) is 0 Å². The van der Waals surface area contributed by atoms with Crippen LogP contribution in [0.1, 0.15) is 27.8 Å². The summed E-state index contributed by atoms with van der Waals surface area (Å²) >= 11 is 0. The fourth-order valence-corrected chi connectivity index (χ4v) is 3.04. The van der Waals surface area contributed by atoms with E-state index in [1.165, 1.54) is 6.07 Å². The van der Waals surface area contributed by atoms with E-state index in [0.717, 1.165) is 0 Å². The molecule has 1 aliphatic rings. The third-order valence-corrected chi connectivity index (χ3v) is 4.27. The number of carbonyl (C=O) groups is 1. The maximum absolute atomic E-state index is 13.0. The van der Waals surface area contributed by atoms with E-state index in [1.807, 2.05) is 12.1 Å². The summed E-state index contributed by atoms with van der Waals surface area (Å²) in [5.41, 5.74) is 1.63. The predicted octanol–water partition coefficient (Wildman–Crippen LogP) is 3.46. The summed E-state index contributed by atoms with van der Waals surface area (Å²) in [6.45, 7) is 0.229. The molecule has 2 heterocycles. The smallest absolute Gasteiger partial charge is 0.258 e. The van der Waals surface area contributed by atoms with Crippen molar-refractivity contribution < 1.29 is 19.4 Å². The van der Waals surface area contributed by atoms with Crippen molar-refractivity contribution >= 4 is 11.6 Å². The molecule has 1 aromatic heterocycles. The van der Waals surface area contributed by atoms with Gasteiger partial charge in [-0.25, -0.2) is 0 Å². The zero-order valence-electron chi connectivity index (χ0n) is 13.2. The predicted molar refractivity (Wildman–Crippen MR) is 91.2 cm³/mol. The van der Waals surface area contributed by atoms with Crippen molar-refractivity contribution in [3.63, 3.8) is 0 Å². The van der Waals surface area contributed by atoms with E-state index in [-0.39, 0.29) is 24.0 Å². The molecular weight excluding hydrogens is 320 g/mol. The molecule has 0 unspecified atom stereocenters. The number of para-hydroxylation sites is 2. The average Bonchev–Trinajstić information content (AvgIpc) is 3.13. The number of nitrogens with one attached hydrogen (secondary N) is 1. The lowest BCUT2D eigenvalue weighted by molar-refractivity contribution is 0.0649. The van der Waals surface area contributed by atoms with E-state index in [0.29, 0.717) is 22.6 Å². The lowest BCUT2D eigenvalue weighted by Crippen LogP contribution is -2.42. The quantitative estimate of drug-likeness (QED) is 0.638. The highest BCUT2D eigenvalue weighted by Crippen LogP contribution is 2.40. The number of amides is 1. The fraction of sp³-hybridized carbons (Fsp3) is 0.105. The van der Waals surface area contributed by atoms with Crippen molar-refractivity contribution in [2.45, 2.75) is 12.7 Å². The van der Waals surface area contributed by atoms with Crippen molar-refractivity contribution in [3.05, 3.63) is 77.7 Å². The Balaban J connectivity index is 1.81. The topological polar surface area (TPSA) is 85.9 Å². The average molecular weight is 336 g/mol. The number of nitrogens with zero attached hydrogens (tertiary/aromatic N) is 1. The van der Waals surface area contributed by atoms with Gasteiger partial charge in [-0.05, 0) is 30.3 Å². The maximum Gasteiger partial charge on any atom is 0.258 e. The molecule has 6 nitrogen and oxygen atoms in total. The minimum absolute atomic E-state index is 0.182. The van der Waals surface area contributed by atoms with Gasteiger partial charge in [0.2, 0.25) is 0 Å². The highest BCUT2D eigenvalue weighted by Gasteiger charge is 2.35. The number of furan rings is 1. The number of hydrogen-bond donors (Lipinski definition) is 3. The Kier molecular flexibility index (Phi) is 3.57. The Morgan fingerprint density at radius 3 is 2.68 bits per heavy atom. The Morgan fingerprint density at radius 1 is 1.04 bits per heavy atom. The summed E-state index contributed by atoms with van der Waals surface area (Å²) in [6, 6.07) is 15.4.